The average molecular weight is 212 g/mol. The predicted molar refractivity (Wildman–Crippen MR) is 62.1 cm³/mol. The minimum atomic E-state index is 0.876. The summed E-state index contributed by atoms with van der Waals surface area (Å²) in [7, 11) is 1.79. The number of hydrogen-bond donors (Lipinski definition) is 0. The minimum Gasteiger partial charge on any atom is -0.385 e. The summed E-state index contributed by atoms with van der Waals surface area (Å²) < 4.78 is 5.07. The van der Waals surface area contributed by atoms with Crippen LogP contribution in [0.5, 0.6) is 0 Å². The molecular weight excluding hydrogens is 188 g/mol. The van der Waals surface area contributed by atoms with Crippen LogP contribution >= 0.6 is 0 Å². The second-order valence-corrected chi connectivity index (χ2v) is 4.83. The summed E-state index contributed by atoms with van der Waals surface area (Å²) in [5.41, 5.74) is 0. The van der Waals surface area contributed by atoms with E-state index < -0.39 is 0 Å². The number of nitrogens with zero attached hydrogens (tertiary/aromatic N) is 2. The largest absolute Gasteiger partial charge is 0.385 e. The van der Waals surface area contributed by atoms with Gasteiger partial charge >= 0.3 is 0 Å². The van der Waals surface area contributed by atoms with Crippen molar-refractivity contribution in [3.8, 4) is 0 Å². The van der Waals surface area contributed by atoms with Gasteiger partial charge in [0.1, 0.15) is 0 Å². The number of hydrogen-bond acceptors (Lipinski definition) is 3. The lowest BCUT2D eigenvalue weighted by Gasteiger charge is -2.37. The first kappa shape index (κ1) is 11.4. The van der Waals surface area contributed by atoms with Gasteiger partial charge in [0.15, 0.2) is 0 Å². The maximum Gasteiger partial charge on any atom is 0.0462 e. The number of ether oxygens (including phenoxy) is 1. The van der Waals surface area contributed by atoms with E-state index in [-0.39, 0.29) is 0 Å². The van der Waals surface area contributed by atoms with Crippen LogP contribution in [-0.2, 0) is 4.74 Å². The number of unbranched alkanes of at least 4 members (excludes halogenated alkanes) is 1. The Morgan fingerprint density at radius 1 is 1.20 bits per heavy atom. The van der Waals surface area contributed by atoms with Crippen molar-refractivity contribution in [2.24, 2.45) is 0 Å². The Labute approximate surface area is 93.4 Å². The molecule has 1 atom stereocenters. The van der Waals surface area contributed by atoms with Crippen LogP contribution in [0.25, 0.3) is 0 Å². The quantitative estimate of drug-likeness (QED) is 0.637. The lowest BCUT2D eigenvalue weighted by atomic mass is 10.1. The maximum atomic E-state index is 5.07. The van der Waals surface area contributed by atoms with E-state index in [4.69, 9.17) is 4.74 Å². The third kappa shape index (κ3) is 3.16. The van der Waals surface area contributed by atoms with Crippen LogP contribution in [0, 0.1) is 0 Å². The molecule has 0 spiro atoms. The van der Waals surface area contributed by atoms with Gasteiger partial charge in [0, 0.05) is 39.4 Å². The molecule has 2 aliphatic heterocycles. The summed E-state index contributed by atoms with van der Waals surface area (Å²) in [6.45, 7) is 7.44. The summed E-state index contributed by atoms with van der Waals surface area (Å²) in [5, 5.41) is 0. The molecule has 0 aromatic heterocycles. The number of piperazine rings is 1. The number of rotatable bonds is 5. The van der Waals surface area contributed by atoms with E-state index in [2.05, 4.69) is 9.80 Å². The topological polar surface area (TPSA) is 15.7 Å². The first-order valence-corrected chi connectivity index (χ1v) is 6.35. The minimum absolute atomic E-state index is 0.876. The van der Waals surface area contributed by atoms with E-state index in [1.807, 2.05) is 0 Å². The van der Waals surface area contributed by atoms with Gasteiger partial charge in [-0.1, -0.05) is 0 Å². The fraction of sp³-hybridized carbons (Fsp3) is 1.00. The van der Waals surface area contributed by atoms with Crippen molar-refractivity contribution >= 4 is 0 Å². The van der Waals surface area contributed by atoms with Crippen molar-refractivity contribution in [3.63, 3.8) is 0 Å². The maximum absolute atomic E-state index is 5.07. The molecular formula is C12H24N2O. The van der Waals surface area contributed by atoms with E-state index in [1.165, 1.54) is 58.4 Å². The van der Waals surface area contributed by atoms with Crippen molar-refractivity contribution < 1.29 is 4.74 Å². The van der Waals surface area contributed by atoms with Crippen LogP contribution in [0.15, 0.2) is 0 Å². The molecule has 3 heteroatoms. The van der Waals surface area contributed by atoms with Gasteiger partial charge in [0.2, 0.25) is 0 Å². The summed E-state index contributed by atoms with van der Waals surface area (Å²) in [6, 6.07) is 0.876. The van der Waals surface area contributed by atoms with Crippen molar-refractivity contribution in [1.29, 1.82) is 0 Å². The molecule has 1 unspecified atom stereocenters. The Hall–Kier alpha value is -0.120. The van der Waals surface area contributed by atoms with Crippen LogP contribution in [-0.4, -0.2) is 62.3 Å². The zero-order valence-electron chi connectivity index (χ0n) is 9.95. The molecule has 0 radical (unpaired) electrons. The second-order valence-electron chi connectivity index (χ2n) is 4.83. The lowest BCUT2D eigenvalue weighted by molar-refractivity contribution is 0.100. The SMILES string of the molecule is COCCCCN1CCN2CCCC2C1. The van der Waals surface area contributed by atoms with E-state index in [0.29, 0.717) is 0 Å². The normalized spacial score (nSPS) is 28.2. The van der Waals surface area contributed by atoms with Crippen molar-refractivity contribution in [1.82, 2.24) is 9.80 Å². The highest BCUT2D eigenvalue weighted by molar-refractivity contribution is 4.86. The highest BCUT2D eigenvalue weighted by atomic mass is 16.5. The smallest absolute Gasteiger partial charge is 0.0462 e. The van der Waals surface area contributed by atoms with Gasteiger partial charge in [0.05, 0.1) is 0 Å². The molecule has 2 aliphatic rings. The molecule has 0 bridgehead atoms. The highest BCUT2D eigenvalue weighted by Crippen LogP contribution is 2.21. The molecule has 0 amide bonds. The number of fused-ring (bicyclic) bond motifs is 1. The zero-order valence-corrected chi connectivity index (χ0v) is 9.95. The van der Waals surface area contributed by atoms with E-state index in [1.54, 1.807) is 7.11 Å². The van der Waals surface area contributed by atoms with Gasteiger partial charge in [-0.3, -0.25) is 4.90 Å². The Bertz CT molecular complexity index is 186. The summed E-state index contributed by atoms with van der Waals surface area (Å²) in [4.78, 5) is 5.31. The summed E-state index contributed by atoms with van der Waals surface area (Å²) >= 11 is 0. The standard InChI is InChI=1S/C12H24N2O/c1-15-10-3-2-6-13-8-9-14-7-4-5-12(14)11-13/h12H,2-11H2,1H3. The molecule has 2 fully saturated rings. The molecule has 2 saturated heterocycles. The van der Waals surface area contributed by atoms with Gasteiger partial charge in [-0.25, -0.2) is 0 Å². The van der Waals surface area contributed by atoms with Crippen LogP contribution in [0.3, 0.4) is 0 Å². The van der Waals surface area contributed by atoms with Crippen molar-refractivity contribution in [2.75, 3.05) is 46.4 Å². The fourth-order valence-corrected chi connectivity index (χ4v) is 2.84. The molecule has 2 rings (SSSR count). The number of methoxy groups -OCH3 is 1. The average Bonchev–Trinajstić information content (AvgIpc) is 2.71. The van der Waals surface area contributed by atoms with Gasteiger partial charge in [-0.05, 0) is 38.8 Å². The van der Waals surface area contributed by atoms with Crippen LogP contribution in [0.1, 0.15) is 25.7 Å². The molecule has 15 heavy (non-hydrogen) atoms. The van der Waals surface area contributed by atoms with Gasteiger partial charge < -0.3 is 9.64 Å². The van der Waals surface area contributed by atoms with E-state index >= 15 is 0 Å². The summed E-state index contributed by atoms with van der Waals surface area (Å²) in [6.07, 6.45) is 5.35. The van der Waals surface area contributed by atoms with Gasteiger partial charge in [0.25, 0.3) is 0 Å². The fourth-order valence-electron chi connectivity index (χ4n) is 2.84. The Morgan fingerprint density at radius 2 is 2.13 bits per heavy atom. The lowest BCUT2D eigenvalue weighted by Crippen LogP contribution is -2.50. The molecule has 0 saturated carbocycles. The second kappa shape index (κ2) is 5.83. The Kier molecular flexibility index (Phi) is 4.42. The molecule has 0 aromatic carbocycles. The van der Waals surface area contributed by atoms with E-state index in [0.717, 1.165) is 12.6 Å². The molecule has 0 N–H and O–H groups in total. The first-order valence-electron chi connectivity index (χ1n) is 6.35. The van der Waals surface area contributed by atoms with Gasteiger partial charge in [-0.2, -0.15) is 0 Å². The summed E-state index contributed by atoms with van der Waals surface area (Å²) in [5.74, 6) is 0. The predicted octanol–water partition coefficient (Wildman–Crippen LogP) is 1.19. The monoisotopic (exact) mass is 212 g/mol. The van der Waals surface area contributed by atoms with Crippen LogP contribution in [0.4, 0.5) is 0 Å². The Balaban J connectivity index is 1.62. The van der Waals surface area contributed by atoms with Crippen LogP contribution in [0.2, 0.25) is 0 Å². The molecule has 2 heterocycles. The molecule has 3 nitrogen and oxygen atoms in total. The van der Waals surface area contributed by atoms with Crippen LogP contribution < -0.4 is 0 Å². The molecule has 0 aliphatic carbocycles. The zero-order chi connectivity index (χ0) is 10.5. The first-order chi connectivity index (χ1) is 7.40. The molecule has 88 valence electrons. The van der Waals surface area contributed by atoms with Crippen molar-refractivity contribution in [2.45, 2.75) is 31.7 Å². The Morgan fingerprint density at radius 3 is 3.00 bits per heavy atom. The third-order valence-corrected chi connectivity index (χ3v) is 3.74. The highest BCUT2D eigenvalue weighted by Gasteiger charge is 2.29. The molecule has 0 aromatic rings. The van der Waals surface area contributed by atoms with Gasteiger partial charge in [-0.15, -0.1) is 0 Å². The third-order valence-electron chi connectivity index (χ3n) is 3.74. The van der Waals surface area contributed by atoms with E-state index in [9.17, 15) is 0 Å². The van der Waals surface area contributed by atoms with Crippen molar-refractivity contribution in [3.05, 3.63) is 0 Å².